The number of ketones is 1. The number of rotatable bonds is 8. The highest BCUT2D eigenvalue weighted by atomic mass is 35.5. The summed E-state index contributed by atoms with van der Waals surface area (Å²) in [6, 6.07) is 9.75. The lowest BCUT2D eigenvalue weighted by atomic mass is 9.91. The van der Waals surface area contributed by atoms with Crippen molar-refractivity contribution in [2.75, 3.05) is 5.32 Å². The number of aromatic nitrogens is 3. The van der Waals surface area contributed by atoms with Crippen LogP contribution in [0.4, 0.5) is 15.8 Å². The average molecular weight is 628 g/mol. The number of hydrogen-bond donors (Lipinski definition) is 1. The van der Waals surface area contributed by atoms with E-state index in [4.69, 9.17) is 11.6 Å². The van der Waals surface area contributed by atoms with Crippen molar-refractivity contribution >= 4 is 69.9 Å². The normalized spacial score (nSPS) is 12.4. The Morgan fingerprint density at radius 2 is 1.90 bits per heavy atom. The lowest BCUT2D eigenvalue weighted by Gasteiger charge is -2.13. The molecule has 4 rings (SSSR count). The van der Waals surface area contributed by atoms with Gasteiger partial charge in [-0.25, -0.2) is 14.4 Å². The van der Waals surface area contributed by atoms with Gasteiger partial charge in [-0.3, -0.25) is 29.1 Å². The van der Waals surface area contributed by atoms with E-state index >= 15 is 0 Å². The van der Waals surface area contributed by atoms with Crippen molar-refractivity contribution in [2.24, 2.45) is 5.41 Å². The maximum atomic E-state index is 13.5. The van der Waals surface area contributed by atoms with Gasteiger partial charge in [0.15, 0.2) is 10.9 Å². The van der Waals surface area contributed by atoms with Crippen molar-refractivity contribution < 1.29 is 18.9 Å². The van der Waals surface area contributed by atoms with Gasteiger partial charge in [0, 0.05) is 35.6 Å². The second-order valence-corrected chi connectivity index (χ2v) is 12.4. The van der Waals surface area contributed by atoms with Crippen LogP contribution in [-0.2, 0) is 16.1 Å². The number of anilines is 1. The summed E-state index contributed by atoms with van der Waals surface area (Å²) in [5.41, 5.74) is -0.934. The molecule has 0 unspecified atom stereocenters. The van der Waals surface area contributed by atoms with Crippen molar-refractivity contribution in [2.45, 2.75) is 37.4 Å². The van der Waals surface area contributed by atoms with Crippen LogP contribution in [0.3, 0.4) is 0 Å². The average Bonchev–Trinajstić information content (AvgIpc) is 3.20. The van der Waals surface area contributed by atoms with Crippen molar-refractivity contribution in [3.63, 3.8) is 0 Å². The number of halogens is 2. The minimum atomic E-state index is -0.752. The summed E-state index contributed by atoms with van der Waals surface area (Å²) in [7, 11) is 0. The molecule has 0 fully saturated rings. The minimum Gasteiger partial charge on any atom is -0.324 e. The monoisotopic (exact) mass is 627 g/mol. The second kappa shape index (κ2) is 12.8. The van der Waals surface area contributed by atoms with Crippen molar-refractivity contribution in [3.8, 4) is 0 Å². The summed E-state index contributed by atoms with van der Waals surface area (Å²) >= 11 is 7.79. The number of amides is 1. The smallest absolute Gasteiger partial charge is 0.283 e. The zero-order valence-corrected chi connectivity index (χ0v) is 24.8. The number of carbonyl (C=O) groups is 2. The Morgan fingerprint density at radius 1 is 1.19 bits per heavy atom. The molecule has 14 heteroatoms. The number of hydrogen-bond acceptors (Lipinski definition) is 9. The first-order valence-corrected chi connectivity index (χ1v) is 14.3. The van der Waals surface area contributed by atoms with Crippen LogP contribution in [0, 0.1) is 21.3 Å². The predicted molar refractivity (Wildman–Crippen MR) is 160 cm³/mol. The number of nitrogens with one attached hydrogen (secondary N) is 1. The first-order chi connectivity index (χ1) is 19.8. The van der Waals surface area contributed by atoms with Gasteiger partial charge < -0.3 is 5.32 Å². The van der Waals surface area contributed by atoms with Crippen molar-refractivity contribution in [1.29, 1.82) is 0 Å². The highest BCUT2D eigenvalue weighted by Crippen LogP contribution is 2.33. The molecule has 0 saturated carbocycles. The Kier molecular flexibility index (Phi) is 9.34. The molecule has 0 aliphatic carbocycles. The van der Waals surface area contributed by atoms with E-state index < -0.39 is 34.2 Å². The largest absolute Gasteiger partial charge is 0.324 e. The molecule has 0 saturated heterocycles. The van der Waals surface area contributed by atoms with Crippen LogP contribution in [0.2, 0.25) is 5.02 Å². The van der Waals surface area contributed by atoms with Gasteiger partial charge in [0.2, 0.25) is 5.91 Å². The minimum absolute atomic E-state index is 0.154. The van der Waals surface area contributed by atoms with Crippen LogP contribution in [0.15, 0.2) is 69.7 Å². The Morgan fingerprint density at radius 3 is 2.55 bits per heavy atom. The van der Waals surface area contributed by atoms with E-state index in [2.05, 4.69) is 15.3 Å². The third-order valence-corrected chi connectivity index (χ3v) is 7.96. The van der Waals surface area contributed by atoms with E-state index in [1.807, 2.05) is 0 Å². The van der Waals surface area contributed by atoms with E-state index in [1.165, 1.54) is 48.8 Å². The lowest BCUT2D eigenvalue weighted by molar-refractivity contribution is -0.387. The molecule has 0 bridgehead atoms. The topological polar surface area (TPSA) is 137 Å². The van der Waals surface area contributed by atoms with Crippen LogP contribution in [-0.4, -0.2) is 31.1 Å². The quantitative estimate of drug-likeness (QED) is 0.172. The van der Waals surface area contributed by atoms with Gasteiger partial charge in [-0.15, -0.1) is 11.3 Å². The van der Waals surface area contributed by atoms with E-state index in [1.54, 1.807) is 32.9 Å². The molecule has 10 nitrogen and oxygen atoms in total. The second-order valence-electron chi connectivity index (χ2n) is 9.89. The fraction of sp³-hybridized carbons (Fsp3) is 0.179. The lowest BCUT2D eigenvalue weighted by Crippen LogP contribution is -2.36. The third kappa shape index (κ3) is 7.55. The molecule has 42 heavy (non-hydrogen) atoms. The van der Waals surface area contributed by atoms with Gasteiger partial charge in [-0.2, -0.15) is 0 Å². The number of Topliss-reactive ketones (excluding diaryl/α,β-unsaturated/α-hetero) is 1. The Labute approximate surface area is 251 Å². The molecule has 2 aromatic heterocycles. The van der Waals surface area contributed by atoms with Crippen LogP contribution >= 0.6 is 34.7 Å². The molecule has 0 aliphatic heterocycles. The molecule has 2 heterocycles. The van der Waals surface area contributed by atoms with Gasteiger partial charge >= 0.3 is 0 Å². The molecule has 2 aromatic carbocycles. The van der Waals surface area contributed by atoms with Crippen molar-refractivity contribution in [1.82, 2.24) is 14.5 Å². The molecule has 1 amide bonds. The predicted octanol–water partition coefficient (Wildman–Crippen LogP) is 4.41. The zero-order valence-electron chi connectivity index (χ0n) is 22.5. The summed E-state index contributed by atoms with van der Waals surface area (Å²) in [5, 5.41) is 14.5. The molecular weight excluding hydrogens is 605 g/mol. The third-order valence-electron chi connectivity index (χ3n) is 5.66. The number of nitro groups is 1. The first-order valence-electron chi connectivity index (χ1n) is 12.3. The van der Waals surface area contributed by atoms with E-state index in [-0.39, 0.29) is 31.4 Å². The SMILES string of the molecule is CC(C)(C)C(=O)/C=c1\s/c(=C\c2ccc(Sc3ncccn3)c([N+](=O)[O-])c2)c(=O)n1CC(=O)Nc1ccc(F)c(Cl)c1. The maximum absolute atomic E-state index is 13.5. The molecule has 0 atom stereocenters. The summed E-state index contributed by atoms with van der Waals surface area (Å²) in [4.78, 5) is 58.9. The molecule has 0 spiro atoms. The molecular formula is C28H23ClFN5O5S2. The standard InChI is InChI=1S/C28H23ClFN5O5S2/c1-28(2,3)23(36)14-25-34(15-24(37)33-17-6-7-19(30)18(29)13-17)26(38)22(41-25)12-16-5-8-21(20(11-16)35(39)40)42-27-31-9-4-10-32-27/h4-14H,15H2,1-3H3,(H,33,37)/b22-12-,25-14-. The van der Waals surface area contributed by atoms with Crippen LogP contribution in [0.5, 0.6) is 0 Å². The first kappa shape index (κ1) is 30.8. The highest BCUT2D eigenvalue weighted by molar-refractivity contribution is 7.99. The maximum Gasteiger partial charge on any atom is 0.283 e. The molecule has 4 aromatic rings. The number of carbonyl (C=O) groups excluding carboxylic acids is 2. The summed E-state index contributed by atoms with van der Waals surface area (Å²) < 4.78 is 15.0. The van der Waals surface area contributed by atoms with Crippen LogP contribution in [0.1, 0.15) is 26.3 Å². The fourth-order valence-electron chi connectivity index (χ4n) is 3.48. The molecule has 1 N–H and O–H groups in total. The van der Waals surface area contributed by atoms with E-state index in [9.17, 15) is 28.9 Å². The van der Waals surface area contributed by atoms with Crippen molar-refractivity contribution in [3.05, 3.63) is 101 Å². The zero-order chi connectivity index (χ0) is 30.6. The van der Waals surface area contributed by atoms with Gasteiger partial charge in [0.05, 0.1) is 19.4 Å². The van der Waals surface area contributed by atoms with Gasteiger partial charge in [0.25, 0.3) is 11.2 Å². The van der Waals surface area contributed by atoms with Gasteiger partial charge in [-0.1, -0.05) is 38.4 Å². The van der Waals surface area contributed by atoms with E-state index in [0.29, 0.717) is 15.6 Å². The molecule has 216 valence electrons. The van der Waals surface area contributed by atoms with Gasteiger partial charge in [0.1, 0.15) is 17.0 Å². The molecule has 0 radical (unpaired) electrons. The molecule has 0 aliphatic rings. The number of thiazole rings is 1. The summed E-state index contributed by atoms with van der Waals surface area (Å²) in [6.07, 6.45) is 5.81. The number of nitro benzene ring substituents is 1. The van der Waals surface area contributed by atoms with E-state index in [0.717, 1.165) is 33.7 Å². The Balaban J connectivity index is 1.75. The summed E-state index contributed by atoms with van der Waals surface area (Å²) in [6.45, 7) is 4.71. The fourth-order valence-corrected chi connectivity index (χ4v) is 5.50. The Hall–Kier alpha value is -4.20. The Bertz CT molecular complexity index is 1870. The van der Waals surface area contributed by atoms with Gasteiger partial charge in [-0.05, 0) is 53.7 Å². The summed E-state index contributed by atoms with van der Waals surface area (Å²) in [5.74, 6) is -1.53. The van der Waals surface area contributed by atoms with Crippen LogP contribution < -0.4 is 20.1 Å². The number of benzene rings is 2. The highest BCUT2D eigenvalue weighted by Gasteiger charge is 2.21. The van der Waals surface area contributed by atoms with Crippen LogP contribution in [0.25, 0.3) is 12.2 Å². The number of nitrogens with zero attached hydrogens (tertiary/aromatic N) is 4.